The Morgan fingerprint density at radius 3 is 2.74 bits per heavy atom. The number of benzene rings is 2. The Hall–Kier alpha value is -2.15. The molecular formula is C21H27FN2O3. The lowest BCUT2D eigenvalue weighted by Crippen LogP contribution is -2.32. The van der Waals surface area contributed by atoms with Crippen LogP contribution in [-0.2, 0) is 6.54 Å². The molecule has 1 saturated heterocycles. The Morgan fingerprint density at radius 2 is 2.04 bits per heavy atom. The molecule has 1 heterocycles. The highest BCUT2D eigenvalue weighted by Gasteiger charge is 2.40. The summed E-state index contributed by atoms with van der Waals surface area (Å²) in [6.45, 7) is 1.18. The van der Waals surface area contributed by atoms with Gasteiger partial charge in [0.05, 0.1) is 13.7 Å². The van der Waals surface area contributed by atoms with Gasteiger partial charge in [-0.3, -0.25) is 4.90 Å². The van der Waals surface area contributed by atoms with Gasteiger partial charge in [0.2, 0.25) is 0 Å². The fraction of sp³-hybridized carbons (Fsp3) is 0.429. The fourth-order valence-electron chi connectivity index (χ4n) is 4.01. The van der Waals surface area contributed by atoms with Gasteiger partial charge in [-0.05, 0) is 43.7 Å². The molecule has 2 aromatic rings. The molecule has 0 spiro atoms. The van der Waals surface area contributed by atoms with Crippen LogP contribution in [0.2, 0.25) is 0 Å². The topological polar surface area (TPSA) is 65.0 Å². The van der Waals surface area contributed by atoms with Gasteiger partial charge in [-0.2, -0.15) is 0 Å². The van der Waals surface area contributed by atoms with Crippen molar-refractivity contribution in [1.29, 1.82) is 0 Å². The van der Waals surface area contributed by atoms with E-state index in [-0.39, 0.29) is 36.2 Å². The number of halogens is 1. The molecule has 0 amide bonds. The maximum atomic E-state index is 14.4. The number of ether oxygens (including phenoxy) is 1. The van der Waals surface area contributed by atoms with E-state index in [1.165, 1.54) is 6.07 Å². The molecule has 1 aliphatic rings. The number of phenolic OH excluding ortho intramolecular Hbond substituents is 1. The molecule has 1 aliphatic heterocycles. The van der Waals surface area contributed by atoms with E-state index in [1.807, 2.05) is 19.2 Å². The molecule has 3 atom stereocenters. The smallest absolute Gasteiger partial charge is 0.127 e. The zero-order valence-corrected chi connectivity index (χ0v) is 15.7. The van der Waals surface area contributed by atoms with Crippen molar-refractivity contribution in [2.75, 3.05) is 27.3 Å². The number of aliphatic hydroxyl groups excluding tert-OH is 1. The van der Waals surface area contributed by atoms with Gasteiger partial charge in [0.1, 0.15) is 17.3 Å². The van der Waals surface area contributed by atoms with E-state index < -0.39 is 0 Å². The molecule has 0 aliphatic carbocycles. The zero-order chi connectivity index (χ0) is 19.4. The molecular weight excluding hydrogens is 347 g/mol. The standard InChI is InChI=1S/C21H27FN2O3/c1-24-16(13-25)9-15(21(24)18-5-3-4-6-19(18)22)12-23-11-14-10-17(27-2)7-8-20(14)26/h3-8,10,15-16,21,23,25-26H,9,11-13H2,1-2H3/t15-,16+,21-/m1/s1. The molecule has 0 radical (unpaired) electrons. The van der Waals surface area contributed by atoms with Crippen LogP contribution in [0, 0.1) is 11.7 Å². The summed E-state index contributed by atoms with van der Waals surface area (Å²) in [4.78, 5) is 2.06. The Kier molecular flexibility index (Phi) is 6.31. The van der Waals surface area contributed by atoms with Crippen molar-refractivity contribution >= 4 is 0 Å². The molecule has 0 saturated carbocycles. The van der Waals surface area contributed by atoms with Gasteiger partial charge >= 0.3 is 0 Å². The first-order valence-corrected chi connectivity index (χ1v) is 9.19. The summed E-state index contributed by atoms with van der Waals surface area (Å²) < 4.78 is 19.6. The van der Waals surface area contributed by atoms with Crippen molar-refractivity contribution in [2.45, 2.75) is 25.0 Å². The summed E-state index contributed by atoms with van der Waals surface area (Å²) in [7, 11) is 3.53. The number of aromatic hydroxyl groups is 1. The molecule has 146 valence electrons. The molecule has 0 bridgehead atoms. The number of aliphatic hydroxyl groups is 1. The average Bonchev–Trinajstić information content (AvgIpc) is 2.99. The molecule has 2 aromatic carbocycles. The minimum absolute atomic E-state index is 0.00614. The first-order chi connectivity index (χ1) is 13.0. The largest absolute Gasteiger partial charge is 0.508 e. The van der Waals surface area contributed by atoms with Crippen LogP contribution in [0.1, 0.15) is 23.6 Å². The second kappa shape index (κ2) is 8.69. The summed E-state index contributed by atoms with van der Waals surface area (Å²) in [5.41, 5.74) is 1.41. The number of phenols is 1. The molecule has 1 fully saturated rings. The summed E-state index contributed by atoms with van der Waals surface area (Å²) in [6.07, 6.45) is 0.781. The van der Waals surface area contributed by atoms with Gasteiger partial charge in [-0.15, -0.1) is 0 Å². The molecule has 6 heteroatoms. The highest BCUT2D eigenvalue weighted by molar-refractivity contribution is 5.39. The van der Waals surface area contributed by atoms with Crippen LogP contribution in [0.4, 0.5) is 4.39 Å². The normalized spacial score (nSPS) is 22.9. The quantitative estimate of drug-likeness (QED) is 0.695. The van der Waals surface area contributed by atoms with Crippen LogP contribution in [0.25, 0.3) is 0 Å². The van der Waals surface area contributed by atoms with Crippen LogP contribution < -0.4 is 10.1 Å². The zero-order valence-electron chi connectivity index (χ0n) is 15.7. The highest BCUT2D eigenvalue weighted by Crippen LogP contribution is 2.40. The molecule has 5 nitrogen and oxygen atoms in total. The minimum atomic E-state index is -0.219. The second-order valence-electron chi connectivity index (χ2n) is 7.09. The van der Waals surface area contributed by atoms with E-state index in [2.05, 4.69) is 10.2 Å². The Balaban J connectivity index is 1.71. The number of hydrogen-bond donors (Lipinski definition) is 3. The number of methoxy groups -OCH3 is 1. The predicted octanol–water partition coefficient (Wildman–Crippen LogP) is 2.68. The fourth-order valence-corrected chi connectivity index (χ4v) is 4.01. The van der Waals surface area contributed by atoms with Gasteiger partial charge in [-0.25, -0.2) is 4.39 Å². The van der Waals surface area contributed by atoms with E-state index in [0.717, 1.165) is 12.0 Å². The van der Waals surface area contributed by atoms with Gasteiger partial charge < -0.3 is 20.3 Å². The Bertz CT molecular complexity index is 771. The molecule has 3 rings (SSSR count). The van der Waals surface area contributed by atoms with Crippen LogP contribution in [-0.4, -0.2) is 48.5 Å². The van der Waals surface area contributed by atoms with Crippen molar-refractivity contribution in [3.8, 4) is 11.5 Å². The first-order valence-electron chi connectivity index (χ1n) is 9.19. The SMILES string of the molecule is COc1ccc(O)c(CNC[C@H]2C[C@@H](CO)N(C)[C@H]2c2ccccc2F)c1. The number of likely N-dealkylation sites (tertiary alicyclic amines) is 1. The van der Waals surface area contributed by atoms with Crippen LogP contribution >= 0.6 is 0 Å². The van der Waals surface area contributed by atoms with E-state index in [0.29, 0.717) is 24.4 Å². The van der Waals surface area contributed by atoms with E-state index in [9.17, 15) is 14.6 Å². The minimum Gasteiger partial charge on any atom is -0.508 e. The predicted molar refractivity (Wildman–Crippen MR) is 102 cm³/mol. The Morgan fingerprint density at radius 1 is 1.26 bits per heavy atom. The maximum Gasteiger partial charge on any atom is 0.127 e. The third-order valence-corrected chi connectivity index (χ3v) is 5.48. The van der Waals surface area contributed by atoms with Crippen LogP contribution in [0.3, 0.4) is 0 Å². The number of rotatable bonds is 7. The lowest BCUT2D eigenvalue weighted by Gasteiger charge is -2.28. The third-order valence-electron chi connectivity index (χ3n) is 5.48. The summed E-state index contributed by atoms with van der Waals surface area (Å²) in [5.74, 6) is 0.834. The van der Waals surface area contributed by atoms with Crippen LogP contribution in [0.15, 0.2) is 42.5 Å². The molecule has 0 unspecified atom stereocenters. The lowest BCUT2D eigenvalue weighted by molar-refractivity contribution is 0.151. The summed E-state index contributed by atoms with van der Waals surface area (Å²) >= 11 is 0. The van der Waals surface area contributed by atoms with Gasteiger partial charge in [0.25, 0.3) is 0 Å². The number of nitrogens with one attached hydrogen (secondary N) is 1. The number of likely N-dealkylation sites (N-methyl/N-ethyl adjacent to an activating group) is 1. The second-order valence-corrected chi connectivity index (χ2v) is 7.09. The monoisotopic (exact) mass is 374 g/mol. The number of hydrogen-bond acceptors (Lipinski definition) is 5. The van der Waals surface area contributed by atoms with Crippen molar-refractivity contribution in [1.82, 2.24) is 10.2 Å². The number of nitrogens with zero attached hydrogens (tertiary/aromatic N) is 1. The average molecular weight is 374 g/mol. The summed E-state index contributed by atoms with van der Waals surface area (Å²) in [6, 6.07) is 11.9. The van der Waals surface area contributed by atoms with E-state index in [4.69, 9.17) is 4.74 Å². The van der Waals surface area contributed by atoms with Crippen molar-refractivity contribution in [2.24, 2.45) is 5.92 Å². The maximum absolute atomic E-state index is 14.4. The Labute approximate surface area is 159 Å². The van der Waals surface area contributed by atoms with Crippen molar-refractivity contribution in [3.05, 3.63) is 59.4 Å². The first kappa shape index (κ1) is 19.6. The summed E-state index contributed by atoms with van der Waals surface area (Å²) in [5, 5.41) is 23.1. The van der Waals surface area contributed by atoms with Gasteiger partial charge in [-0.1, -0.05) is 18.2 Å². The van der Waals surface area contributed by atoms with Crippen LogP contribution in [0.5, 0.6) is 11.5 Å². The van der Waals surface area contributed by atoms with Crippen molar-refractivity contribution in [3.63, 3.8) is 0 Å². The van der Waals surface area contributed by atoms with Crippen molar-refractivity contribution < 1.29 is 19.3 Å². The van der Waals surface area contributed by atoms with E-state index in [1.54, 1.807) is 31.4 Å². The van der Waals surface area contributed by atoms with Gasteiger partial charge in [0.15, 0.2) is 0 Å². The molecule has 3 N–H and O–H groups in total. The lowest BCUT2D eigenvalue weighted by atomic mass is 9.92. The van der Waals surface area contributed by atoms with E-state index >= 15 is 0 Å². The highest BCUT2D eigenvalue weighted by atomic mass is 19.1. The molecule has 27 heavy (non-hydrogen) atoms. The molecule has 0 aromatic heterocycles. The van der Waals surface area contributed by atoms with Gasteiger partial charge in [0, 0.05) is 36.3 Å². The third kappa shape index (κ3) is 4.24.